The average Bonchev–Trinajstić information content (AvgIpc) is 2.95. The van der Waals surface area contributed by atoms with Crippen LogP contribution in [0.5, 0.6) is 0 Å². The van der Waals surface area contributed by atoms with Crippen LogP contribution in [0.4, 0.5) is 5.69 Å². The second-order valence-corrected chi connectivity index (χ2v) is 7.55. The highest BCUT2D eigenvalue weighted by Gasteiger charge is 2.31. The van der Waals surface area contributed by atoms with Crippen molar-refractivity contribution in [3.05, 3.63) is 28.2 Å². The molecule has 138 valence electrons. The van der Waals surface area contributed by atoms with Gasteiger partial charge < -0.3 is 14.5 Å². The van der Waals surface area contributed by atoms with Crippen molar-refractivity contribution in [2.45, 2.75) is 6.42 Å². The minimum absolute atomic E-state index is 0.256. The molecule has 1 aromatic carbocycles. The minimum Gasteiger partial charge on any atom is -0.383 e. The van der Waals surface area contributed by atoms with Crippen molar-refractivity contribution in [2.75, 3.05) is 64.4 Å². The van der Waals surface area contributed by atoms with Gasteiger partial charge in [0, 0.05) is 59.3 Å². The van der Waals surface area contributed by atoms with Gasteiger partial charge in [-0.25, -0.2) is 0 Å². The zero-order valence-electron chi connectivity index (χ0n) is 14.6. The third-order valence-electron chi connectivity index (χ3n) is 5.02. The van der Waals surface area contributed by atoms with E-state index in [0.29, 0.717) is 35.5 Å². The van der Waals surface area contributed by atoms with Crippen molar-refractivity contribution in [3.63, 3.8) is 0 Å². The summed E-state index contributed by atoms with van der Waals surface area (Å²) in [5.74, 6) is 0.678. The molecule has 25 heavy (non-hydrogen) atoms. The first-order chi connectivity index (χ1) is 12.1. The van der Waals surface area contributed by atoms with Gasteiger partial charge in [0.2, 0.25) is 5.91 Å². The quantitative estimate of drug-likeness (QED) is 0.753. The third-order valence-corrected chi connectivity index (χ3v) is 5.83. The first-order valence-electron chi connectivity index (χ1n) is 8.76. The maximum absolute atomic E-state index is 12.1. The Hall–Kier alpha value is -1.01. The summed E-state index contributed by atoms with van der Waals surface area (Å²) in [7, 11) is 1.67. The standard InChI is InChI=1S/C18H25Cl2N3O2/c1-25-10-9-23-13-14(11-17(23)24)12-21-5-7-22(8-6-21)16-4-2-3-15(19)18(16)20/h2-4,14H,5-13H2,1H3/t14-/m0/s1. The summed E-state index contributed by atoms with van der Waals surface area (Å²) < 4.78 is 5.08. The van der Waals surface area contributed by atoms with E-state index in [1.54, 1.807) is 7.11 Å². The van der Waals surface area contributed by atoms with Gasteiger partial charge in [0.25, 0.3) is 0 Å². The van der Waals surface area contributed by atoms with Gasteiger partial charge in [-0.1, -0.05) is 29.3 Å². The first kappa shape index (κ1) is 18.8. The van der Waals surface area contributed by atoms with E-state index in [9.17, 15) is 4.79 Å². The molecule has 0 aromatic heterocycles. The molecule has 2 fully saturated rings. The van der Waals surface area contributed by atoms with Crippen molar-refractivity contribution < 1.29 is 9.53 Å². The van der Waals surface area contributed by atoms with Crippen LogP contribution >= 0.6 is 23.2 Å². The summed E-state index contributed by atoms with van der Waals surface area (Å²) in [5.41, 5.74) is 1.01. The number of hydrogen-bond acceptors (Lipinski definition) is 4. The van der Waals surface area contributed by atoms with Gasteiger partial charge in [-0.3, -0.25) is 9.69 Å². The largest absolute Gasteiger partial charge is 0.383 e. The Morgan fingerprint density at radius 2 is 1.96 bits per heavy atom. The Morgan fingerprint density at radius 1 is 1.20 bits per heavy atom. The lowest BCUT2D eigenvalue weighted by Crippen LogP contribution is -2.48. The van der Waals surface area contributed by atoms with E-state index in [1.165, 1.54) is 0 Å². The van der Waals surface area contributed by atoms with Gasteiger partial charge in [0.1, 0.15) is 0 Å². The Bertz CT molecular complexity index is 606. The van der Waals surface area contributed by atoms with Gasteiger partial charge >= 0.3 is 0 Å². The van der Waals surface area contributed by atoms with Gasteiger partial charge in [-0.2, -0.15) is 0 Å². The van der Waals surface area contributed by atoms with Crippen LogP contribution in [0.15, 0.2) is 18.2 Å². The smallest absolute Gasteiger partial charge is 0.223 e. The monoisotopic (exact) mass is 385 g/mol. The van der Waals surface area contributed by atoms with E-state index in [1.807, 2.05) is 23.1 Å². The fourth-order valence-electron chi connectivity index (χ4n) is 3.67. The van der Waals surface area contributed by atoms with Crippen molar-refractivity contribution in [3.8, 4) is 0 Å². The number of methoxy groups -OCH3 is 1. The summed E-state index contributed by atoms with van der Waals surface area (Å²) >= 11 is 12.5. The second-order valence-electron chi connectivity index (χ2n) is 6.76. The highest BCUT2D eigenvalue weighted by Crippen LogP contribution is 2.33. The number of carbonyl (C=O) groups excluding carboxylic acids is 1. The van der Waals surface area contributed by atoms with Crippen molar-refractivity contribution in [1.29, 1.82) is 0 Å². The van der Waals surface area contributed by atoms with Crippen LogP contribution < -0.4 is 4.90 Å². The minimum atomic E-state index is 0.256. The molecule has 0 unspecified atom stereocenters. The maximum atomic E-state index is 12.1. The molecule has 0 aliphatic carbocycles. The van der Waals surface area contributed by atoms with Crippen LogP contribution in [0.3, 0.4) is 0 Å². The lowest BCUT2D eigenvalue weighted by atomic mass is 10.1. The van der Waals surface area contributed by atoms with Crippen LogP contribution in [-0.4, -0.2) is 75.2 Å². The van der Waals surface area contributed by atoms with Gasteiger partial charge in [-0.15, -0.1) is 0 Å². The first-order valence-corrected chi connectivity index (χ1v) is 9.52. The van der Waals surface area contributed by atoms with E-state index < -0.39 is 0 Å². The molecule has 3 rings (SSSR count). The molecule has 0 spiro atoms. The zero-order valence-corrected chi connectivity index (χ0v) is 16.1. The molecule has 1 aromatic rings. The lowest BCUT2D eigenvalue weighted by Gasteiger charge is -2.37. The normalized spacial score (nSPS) is 22.0. The number of carbonyl (C=O) groups is 1. The molecule has 0 N–H and O–H groups in total. The molecule has 1 atom stereocenters. The second kappa shape index (κ2) is 8.58. The molecule has 7 heteroatoms. The SMILES string of the molecule is COCCN1C[C@H](CN2CCN(c3cccc(Cl)c3Cl)CC2)CC1=O. The van der Waals surface area contributed by atoms with Crippen LogP contribution in [0.25, 0.3) is 0 Å². The topological polar surface area (TPSA) is 36.0 Å². The number of ether oxygens (including phenoxy) is 1. The number of anilines is 1. The van der Waals surface area contributed by atoms with E-state index in [-0.39, 0.29) is 5.91 Å². The molecule has 0 bridgehead atoms. The number of benzene rings is 1. The summed E-state index contributed by atoms with van der Waals surface area (Å²) in [5, 5.41) is 1.23. The molecular formula is C18H25Cl2N3O2. The number of hydrogen-bond donors (Lipinski definition) is 0. The number of halogens is 2. The molecular weight excluding hydrogens is 361 g/mol. The molecule has 0 radical (unpaired) electrons. The Kier molecular flexibility index (Phi) is 6.44. The fraction of sp³-hybridized carbons (Fsp3) is 0.611. The van der Waals surface area contributed by atoms with E-state index in [4.69, 9.17) is 27.9 Å². The summed E-state index contributed by atoms with van der Waals surface area (Å²) in [6.07, 6.45) is 0.657. The highest BCUT2D eigenvalue weighted by atomic mass is 35.5. The van der Waals surface area contributed by atoms with Crippen LogP contribution in [0.1, 0.15) is 6.42 Å². The lowest BCUT2D eigenvalue weighted by molar-refractivity contribution is -0.128. The van der Waals surface area contributed by atoms with Crippen LogP contribution in [0, 0.1) is 5.92 Å². The van der Waals surface area contributed by atoms with Crippen LogP contribution in [0.2, 0.25) is 10.0 Å². The molecule has 0 saturated carbocycles. The van der Waals surface area contributed by atoms with Crippen LogP contribution in [-0.2, 0) is 9.53 Å². The third kappa shape index (κ3) is 4.59. The molecule has 5 nitrogen and oxygen atoms in total. The molecule has 2 heterocycles. The maximum Gasteiger partial charge on any atom is 0.223 e. The number of nitrogens with zero attached hydrogens (tertiary/aromatic N) is 3. The molecule has 1 amide bonds. The molecule has 2 aliphatic heterocycles. The van der Waals surface area contributed by atoms with E-state index in [0.717, 1.165) is 45.0 Å². The number of rotatable bonds is 6. The summed E-state index contributed by atoms with van der Waals surface area (Å²) in [6.45, 7) is 6.94. The summed E-state index contributed by atoms with van der Waals surface area (Å²) in [4.78, 5) is 18.7. The van der Waals surface area contributed by atoms with Gasteiger partial charge in [0.05, 0.1) is 22.3 Å². The van der Waals surface area contributed by atoms with Crippen molar-refractivity contribution >= 4 is 34.8 Å². The summed E-state index contributed by atoms with van der Waals surface area (Å²) in [6, 6.07) is 5.78. The Labute approximate surface area is 159 Å². The van der Waals surface area contributed by atoms with E-state index in [2.05, 4.69) is 9.80 Å². The predicted molar refractivity (Wildman–Crippen MR) is 102 cm³/mol. The Morgan fingerprint density at radius 3 is 2.68 bits per heavy atom. The molecule has 2 saturated heterocycles. The predicted octanol–water partition coefficient (Wildman–Crippen LogP) is 2.61. The molecule has 2 aliphatic rings. The Balaban J connectivity index is 1.48. The van der Waals surface area contributed by atoms with E-state index >= 15 is 0 Å². The van der Waals surface area contributed by atoms with Crippen molar-refractivity contribution in [2.24, 2.45) is 5.92 Å². The fourth-order valence-corrected chi connectivity index (χ4v) is 4.08. The van der Waals surface area contributed by atoms with Gasteiger partial charge in [-0.05, 0) is 18.1 Å². The number of amides is 1. The average molecular weight is 386 g/mol. The van der Waals surface area contributed by atoms with Gasteiger partial charge in [0.15, 0.2) is 0 Å². The zero-order chi connectivity index (χ0) is 17.8. The number of piperazine rings is 1. The van der Waals surface area contributed by atoms with Crippen molar-refractivity contribution in [1.82, 2.24) is 9.80 Å². The number of likely N-dealkylation sites (tertiary alicyclic amines) is 1. The highest BCUT2D eigenvalue weighted by molar-refractivity contribution is 6.43.